The summed E-state index contributed by atoms with van der Waals surface area (Å²) in [6.07, 6.45) is 1.46. The number of furan rings is 1. The number of nitrogens with one attached hydrogen (secondary N) is 1. The maximum Gasteiger partial charge on any atom is 0.339 e. The molecule has 4 rings (SSSR count). The van der Waals surface area contributed by atoms with Crippen molar-refractivity contribution in [2.45, 2.75) is 6.54 Å². The standard InChI is InChI=1S/C22H18N6O4/c1-14(13-28-26-21(25-27-28)15-5-3-2-4-6-15)24-23-12-17-8-10-20(32-17)16-7-9-19(29)18(11-16)22(30)31/h2-12,24,29H,1,13H2,(H,30,31)/b23-12+. The molecule has 2 heterocycles. The lowest BCUT2D eigenvalue weighted by molar-refractivity contribution is 0.0694. The summed E-state index contributed by atoms with van der Waals surface area (Å²) in [5, 5.41) is 35.2. The van der Waals surface area contributed by atoms with Crippen molar-refractivity contribution in [3.05, 3.63) is 84.3 Å². The van der Waals surface area contributed by atoms with Gasteiger partial charge in [0.2, 0.25) is 5.82 Å². The number of carbonyl (C=O) groups is 1. The summed E-state index contributed by atoms with van der Waals surface area (Å²) in [6.45, 7) is 4.16. The van der Waals surface area contributed by atoms with E-state index in [4.69, 9.17) is 9.52 Å². The van der Waals surface area contributed by atoms with Gasteiger partial charge in [0.15, 0.2) is 0 Å². The van der Waals surface area contributed by atoms with Gasteiger partial charge in [0, 0.05) is 16.8 Å². The number of aromatic hydroxyl groups is 1. The first-order valence-electron chi connectivity index (χ1n) is 9.46. The monoisotopic (exact) mass is 430 g/mol. The van der Waals surface area contributed by atoms with Crippen LogP contribution in [0.3, 0.4) is 0 Å². The molecule has 0 radical (unpaired) electrons. The third kappa shape index (κ3) is 4.70. The molecule has 0 bridgehead atoms. The minimum absolute atomic E-state index is 0.204. The molecule has 0 aliphatic heterocycles. The van der Waals surface area contributed by atoms with Crippen LogP contribution in [0.25, 0.3) is 22.7 Å². The Morgan fingerprint density at radius 3 is 2.75 bits per heavy atom. The number of carboxylic acid groups (broad SMARTS) is 1. The van der Waals surface area contributed by atoms with Gasteiger partial charge in [-0.15, -0.1) is 10.2 Å². The van der Waals surface area contributed by atoms with E-state index in [2.05, 4.69) is 32.5 Å². The zero-order chi connectivity index (χ0) is 22.5. The fourth-order valence-corrected chi connectivity index (χ4v) is 2.84. The summed E-state index contributed by atoms with van der Waals surface area (Å²) >= 11 is 0. The minimum atomic E-state index is -1.22. The number of hydrazone groups is 1. The van der Waals surface area contributed by atoms with Gasteiger partial charge < -0.3 is 14.6 Å². The second-order valence-electron chi connectivity index (χ2n) is 6.72. The number of allylic oxidation sites excluding steroid dienone is 1. The van der Waals surface area contributed by atoms with E-state index in [1.165, 1.54) is 23.1 Å². The topological polar surface area (TPSA) is 139 Å². The zero-order valence-electron chi connectivity index (χ0n) is 16.7. The highest BCUT2D eigenvalue weighted by atomic mass is 16.4. The molecule has 0 unspecified atom stereocenters. The summed E-state index contributed by atoms with van der Waals surface area (Å²) in [7, 11) is 0. The van der Waals surface area contributed by atoms with Crippen LogP contribution < -0.4 is 5.43 Å². The Morgan fingerprint density at radius 1 is 1.16 bits per heavy atom. The number of tetrazole rings is 1. The molecule has 2 aromatic heterocycles. The van der Waals surface area contributed by atoms with Gasteiger partial charge in [-0.2, -0.15) is 9.90 Å². The molecule has 2 aromatic carbocycles. The van der Waals surface area contributed by atoms with E-state index in [0.29, 0.717) is 28.6 Å². The largest absolute Gasteiger partial charge is 0.507 e. The Bertz CT molecular complexity index is 1290. The van der Waals surface area contributed by atoms with Crippen LogP contribution in [0, 0.1) is 0 Å². The van der Waals surface area contributed by atoms with Gasteiger partial charge in [-0.1, -0.05) is 36.9 Å². The maximum absolute atomic E-state index is 11.2. The first-order valence-corrected chi connectivity index (χ1v) is 9.46. The minimum Gasteiger partial charge on any atom is -0.507 e. The molecular formula is C22H18N6O4. The van der Waals surface area contributed by atoms with Crippen molar-refractivity contribution in [1.82, 2.24) is 25.6 Å². The Labute approximate surface area is 182 Å². The van der Waals surface area contributed by atoms with E-state index >= 15 is 0 Å². The van der Waals surface area contributed by atoms with Gasteiger partial charge in [0.05, 0.1) is 6.21 Å². The van der Waals surface area contributed by atoms with Gasteiger partial charge in [-0.3, -0.25) is 5.43 Å². The zero-order valence-corrected chi connectivity index (χ0v) is 16.7. The van der Waals surface area contributed by atoms with Gasteiger partial charge in [0.1, 0.15) is 29.4 Å². The van der Waals surface area contributed by atoms with Crippen LogP contribution in [0.5, 0.6) is 5.75 Å². The molecule has 10 heteroatoms. The van der Waals surface area contributed by atoms with Crippen LogP contribution >= 0.6 is 0 Å². The number of hydrogen-bond acceptors (Lipinski definition) is 8. The van der Waals surface area contributed by atoms with E-state index < -0.39 is 5.97 Å². The van der Waals surface area contributed by atoms with E-state index in [1.807, 2.05) is 30.3 Å². The molecule has 3 N–H and O–H groups in total. The van der Waals surface area contributed by atoms with Crippen LogP contribution in [0.2, 0.25) is 0 Å². The number of aromatic carboxylic acids is 1. The molecular weight excluding hydrogens is 412 g/mol. The number of rotatable bonds is 8. The summed E-state index contributed by atoms with van der Waals surface area (Å²) in [5.74, 6) is -0.137. The highest BCUT2D eigenvalue weighted by molar-refractivity contribution is 5.92. The predicted molar refractivity (Wildman–Crippen MR) is 116 cm³/mol. The Morgan fingerprint density at radius 2 is 1.97 bits per heavy atom. The molecule has 0 aliphatic rings. The smallest absolute Gasteiger partial charge is 0.339 e. The lowest BCUT2D eigenvalue weighted by atomic mass is 10.1. The fourth-order valence-electron chi connectivity index (χ4n) is 2.84. The highest BCUT2D eigenvalue weighted by Gasteiger charge is 2.13. The highest BCUT2D eigenvalue weighted by Crippen LogP contribution is 2.27. The average Bonchev–Trinajstić information content (AvgIpc) is 3.44. The molecule has 0 aliphatic carbocycles. The molecule has 10 nitrogen and oxygen atoms in total. The number of benzene rings is 2. The number of hydrogen-bond donors (Lipinski definition) is 3. The van der Waals surface area contributed by atoms with Gasteiger partial charge in [0.25, 0.3) is 0 Å². The molecule has 160 valence electrons. The molecule has 0 saturated carbocycles. The van der Waals surface area contributed by atoms with Crippen molar-refractivity contribution in [2.24, 2.45) is 5.10 Å². The molecule has 0 atom stereocenters. The van der Waals surface area contributed by atoms with Crippen LogP contribution in [0.4, 0.5) is 0 Å². The molecule has 0 saturated heterocycles. The first-order chi connectivity index (χ1) is 15.5. The van der Waals surface area contributed by atoms with Crippen molar-refractivity contribution in [1.29, 1.82) is 0 Å². The van der Waals surface area contributed by atoms with E-state index in [-0.39, 0.29) is 17.9 Å². The van der Waals surface area contributed by atoms with Crippen molar-refractivity contribution in [3.63, 3.8) is 0 Å². The third-order valence-corrected chi connectivity index (χ3v) is 4.37. The summed E-state index contributed by atoms with van der Waals surface area (Å²) in [5.41, 5.74) is 4.50. The summed E-state index contributed by atoms with van der Waals surface area (Å²) in [6, 6.07) is 17.1. The molecule has 32 heavy (non-hydrogen) atoms. The predicted octanol–water partition coefficient (Wildman–Crippen LogP) is 3.14. The Balaban J connectivity index is 1.35. The summed E-state index contributed by atoms with van der Waals surface area (Å²) in [4.78, 5) is 12.6. The van der Waals surface area contributed by atoms with Crippen LogP contribution in [0.15, 0.2) is 82.5 Å². The maximum atomic E-state index is 11.2. The van der Waals surface area contributed by atoms with Crippen molar-refractivity contribution < 1.29 is 19.4 Å². The summed E-state index contributed by atoms with van der Waals surface area (Å²) < 4.78 is 5.66. The lowest BCUT2D eigenvalue weighted by Crippen LogP contribution is -2.13. The first kappa shape index (κ1) is 20.5. The van der Waals surface area contributed by atoms with E-state index in [9.17, 15) is 9.90 Å². The van der Waals surface area contributed by atoms with Gasteiger partial charge in [-0.25, -0.2) is 4.79 Å². The van der Waals surface area contributed by atoms with Gasteiger partial charge >= 0.3 is 5.97 Å². The van der Waals surface area contributed by atoms with Gasteiger partial charge in [-0.05, 0) is 35.5 Å². The molecule has 4 aromatic rings. The number of phenols is 1. The SMILES string of the molecule is C=C(Cn1nnc(-c2ccccc2)n1)N/N=C/c1ccc(-c2ccc(O)c(C(=O)O)c2)o1. The number of aromatic nitrogens is 4. The van der Waals surface area contributed by atoms with Crippen molar-refractivity contribution in [2.75, 3.05) is 0 Å². The lowest BCUT2D eigenvalue weighted by Gasteiger charge is -2.03. The number of nitrogens with zero attached hydrogens (tertiary/aromatic N) is 5. The van der Waals surface area contributed by atoms with Crippen LogP contribution in [0.1, 0.15) is 16.1 Å². The second kappa shape index (κ2) is 8.96. The molecule has 0 amide bonds. The van der Waals surface area contributed by atoms with Crippen molar-refractivity contribution >= 4 is 12.2 Å². The van der Waals surface area contributed by atoms with E-state index in [0.717, 1.165) is 5.56 Å². The third-order valence-electron chi connectivity index (χ3n) is 4.37. The Kier molecular flexibility index (Phi) is 5.75. The second-order valence-corrected chi connectivity index (χ2v) is 6.72. The molecule has 0 spiro atoms. The quantitative estimate of drug-likeness (QED) is 0.286. The fraction of sp³-hybridized carbons (Fsp3) is 0.0455. The van der Waals surface area contributed by atoms with Crippen molar-refractivity contribution in [3.8, 4) is 28.5 Å². The molecule has 0 fully saturated rings. The Hall–Kier alpha value is -4.73. The average molecular weight is 430 g/mol. The van der Waals surface area contributed by atoms with E-state index in [1.54, 1.807) is 18.2 Å². The van der Waals surface area contributed by atoms with Crippen LogP contribution in [-0.4, -0.2) is 42.6 Å². The normalized spacial score (nSPS) is 11.0. The number of carboxylic acids is 1. The van der Waals surface area contributed by atoms with Crippen LogP contribution in [-0.2, 0) is 6.54 Å².